The number of rotatable bonds is 6. The van der Waals surface area contributed by atoms with Gasteiger partial charge in [0.2, 0.25) is 0 Å². The molecule has 0 spiro atoms. The standard InChI is InChI=1S/C16H18Cl2N2O2S/c1-20(2)13(10-4-6-11(22-3)7-5-10)9-19-16(21)12-8-14(17)23-15(12)18/h4-8,13H,9H2,1-3H3,(H,19,21). The zero-order chi connectivity index (χ0) is 17.0. The number of likely N-dealkylation sites (N-methyl/N-ethyl adjacent to an activating group) is 1. The van der Waals surface area contributed by atoms with Crippen LogP contribution in [0.5, 0.6) is 5.75 Å². The molecule has 0 aliphatic carbocycles. The van der Waals surface area contributed by atoms with Gasteiger partial charge in [0.25, 0.3) is 5.91 Å². The highest BCUT2D eigenvalue weighted by Crippen LogP contribution is 2.31. The lowest BCUT2D eigenvalue weighted by Crippen LogP contribution is -2.34. The molecule has 1 amide bonds. The van der Waals surface area contributed by atoms with Gasteiger partial charge in [0.15, 0.2) is 0 Å². The van der Waals surface area contributed by atoms with Crippen LogP contribution in [0.3, 0.4) is 0 Å². The summed E-state index contributed by atoms with van der Waals surface area (Å²) in [5, 5.41) is 2.91. The highest BCUT2D eigenvalue weighted by atomic mass is 35.5. The molecule has 1 aromatic carbocycles. The van der Waals surface area contributed by atoms with Gasteiger partial charge in [-0.05, 0) is 37.9 Å². The number of hydrogen-bond donors (Lipinski definition) is 1. The first-order valence-corrected chi connectivity index (χ1v) is 8.53. The van der Waals surface area contributed by atoms with Crippen LogP contribution in [0, 0.1) is 0 Å². The van der Waals surface area contributed by atoms with Crippen molar-refractivity contribution in [3.8, 4) is 5.75 Å². The number of methoxy groups -OCH3 is 1. The van der Waals surface area contributed by atoms with Crippen molar-refractivity contribution in [3.63, 3.8) is 0 Å². The molecule has 0 radical (unpaired) electrons. The summed E-state index contributed by atoms with van der Waals surface area (Å²) >= 11 is 13.1. The Morgan fingerprint density at radius 2 is 1.96 bits per heavy atom. The van der Waals surface area contributed by atoms with E-state index >= 15 is 0 Å². The molecule has 2 aromatic rings. The summed E-state index contributed by atoms with van der Waals surface area (Å²) in [6.07, 6.45) is 0. The average Bonchev–Trinajstić information content (AvgIpc) is 2.86. The van der Waals surface area contributed by atoms with Gasteiger partial charge in [0.1, 0.15) is 10.1 Å². The van der Waals surface area contributed by atoms with E-state index < -0.39 is 0 Å². The van der Waals surface area contributed by atoms with E-state index in [1.54, 1.807) is 13.2 Å². The van der Waals surface area contributed by atoms with E-state index in [1.807, 2.05) is 43.3 Å². The summed E-state index contributed by atoms with van der Waals surface area (Å²) in [6.45, 7) is 0.460. The lowest BCUT2D eigenvalue weighted by molar-refractivity contribution is 0.0942. The molecule has 2 rings (SSSR count). The monoisotopic (exact) mass is 372 g/mol. The number of amides is 1. The third-order valence-electron chi connectivity index (χ3n) is 3.48. The molecular weight excluding hydrogens is 355 g/mol. The van der Waals surface area contributed by atoms with Gasteiger partial charge in [-0.15, -0.1) is 11.3 Å². The number of ether oxygens (including phenoxy) is 1. The maximum atomic E-state index is 12.3. The molecule has 1 atom stereocenters. The topological polar surface area (TPSA) is 41.6 Å². The highest BCUT2D eigenvalue weighted by molar-refractivity contribution is 7.20. The molecule has 1 unspecified atom stereocenters. The van der Waals surface area contributed by atoms with Crippen molar-refractivity contribution < 1.29 is 9.53 Å². The molecule has 0 saturated heterocycles. The fraction of sp³-hybridized carbons (Fsp3) is 0.312. The number of hydrogen-bond acceptors (Lipinski definition) is 4. The smallest absolute Gasteiger partial charge is 0.253 e. The Morgan fingerprint density at radius 3 is 2.43 bits per heavy atom. The Labute approximate surface area is 150 Å². The van der Waals surface area contributed by atoms with Gasteiger partial charge in [0, 0.05) is 6.54 Å². The molecule has 4 nitrogen and oxygen atoms in total. The van der Waals surface area contributed by atoms with E-state index in [2.05, 4.69) is 5.32 Å². The van der Waals surface area contributed by atoms with Crippen LogP contribution in [0.15, 0.2) is 30.3 Å². The third kappa shape index (κ3) is 4.61. The van der Waals surface area contributed by atoms with E-state index in [9.17, 15) is 4.79 Å². The van der Waals surface area contributed by atoms with E-state index in [1.165, 1.54) is 11.3 Å². The zero-order valence-corrected chi connectivity index (χ0v) is 15.4. The molecule has 1 aromatic heterocycles. The minimum absolute atomic E-state index is 0.0396. The molecule has 0 bridgehead atoms. The first-order valence-electron chi connectivity index (χ1n) is 6.95. The molecule has 0 aliphatic rings. The van der Waals surface area contributed by atoms with Crippen molar-refractivity contribution in [1.29, 1.82) is 0 Å². The maximum absolute atomic E-state index is 12.3. The van der Waals surface area contributed by atoms with Crippen LogP contribution in [0.1, 0.15) is 22.0 Å². The average molecular weight is 373 g/mol. The van der Waals surface area contributed by atoms with Gasteiger partial charge in [0.05, 0.1) is 23.1 Å². The summed E-state index contributed by atoms with van der Waals surface area (Å²) in [6, 6.07) is 9.42. The second-order valence-electron chi connectivity index (χ2n) is 5.20. The predicted octanol–water partition coefficient (Wildman–Crippen LogP) is 4.10. The molecule has 0 saturated carbocycles. The van der Waals surface area contributed by atoms with Crippen molar-refractivity contribution in [1.82, 2.24) is 10.2 Å². The SMILES string of the molecule is COc1ccc(C(CNC(=O)c2cc(Cl)sc2Cl)N(C)C)cc1. The lowest BCUT2D eigenvalue weighted by Gasteiger charge is -2.25. The number of nitrogens with zero attached hydrogens (tertiary/aromatic N) is 1. The normalized spacial score (nSPS) is 12.3. The van der Waals surface area contributed by atoms with Crippen LogP contribution in [-0.2, 0) is 0 Å². The van der Waals surface area contributed by atoms with Gasteiger partial charge in [-0.1, -0.05) is 35.3 Å². The quantitative estimate of drug-likeness (QED) is 0.829. The Kier molecular flexibility index (Phi) is 6.30. The number of carbonyl (C=O) groups excluding carboxylic acids is 1. The highest BCUT2D eigenvalue weighted by Gasteiger charge is 2.18. The fourth-order valence-electron chi connectivity index (χ4n) is 2.20. The second-order valence-corrected chi connectivity index (χ2v) is 7.49. The summed E-state index contributed by atoms with van der Waals surface area (Å²) in [5.41, 5.74) is 1.50. The van der Waals surface area contributed by atoms with Crippen LogP contribution < -0.4 is 10.1 Å². The minimum atomic E-state index is -0.224. The van der Waals surface area contributed by atoms with Crippen molar-refractivity contribution in [2.75, 3.05) is 27.7 Å². The van der Waals surface area contributed by atoms with E-state index in [0.29, 0.717) is 20.8 Å². The minimum Gasteiger partial charge on any atom is -0.497 e. The zero-order valence-electron chi connectivity index (χ0n) is 13.1. The molecule has 0 aliphatic heterocycles. The van der Waals surface area contributed by atoms with Gasteiger partial charge in [-0.2, -0.15) is 0 Å². The van der Waals surface area contributed by atoms with Crippen LogP contribution in [0.25, 0.3) is 0 Å². The molecule has 1 N–H and O–H groups in total. The van der Waals surface area contributed by atoms with Crippen LogP contribution in [0.4, 0.5) is 0 Å². The molecule has 1 heterocycles. The predicted molar refractivity (Wildman–Crippen MR) is 96.1 cm³/mol. The van der Waals surface area contributed by atoms with Gasteiger partial charge in [-0.25, -0.2) is 0 Å². The Bertz CT molecular complexity index is 671. The van der Waals surface area contributed by atoms with Crippen LogP contribution >= 0.6 is 34.5 Å². The van der Waals surface area contributed by atoms with Crippen molar-refractivity contribution in [2.24, 2.45) is 0 Å². The van der Waals surface area contributed by atoms with Crippen molar-refractivity contribution in [2.45, 2.75) is 6.04 Å². The van der Waals surface area contributed by atoms with Crippen LogP contribution in [-0.4, -0.2) is 38.6 Å². The molecule has 7 heteroatoms. The number of halogens is 2. The van der Waals surface area contributed by atoms with Crippen molar-refractivity contribution >= 4 is 40.4 Å². The molecule has 0 fully saturated rings. The lowest BCUT2D eigenvalue weighted by atomic mass is 10.1. The van der Waals surface area contributed by atoms with E-state index in [-0.39, 0.29) is 11.9 Å². The summed E-state index contributed by atoms with van der Waals surface area (Å²) in [7, 11) is 5.57. The summed E-state index contributed by atoms with van der Waals surface area (Å²) in [4.78, 5) is 14.3. The van der Waals surface area contributed by atoms with E-state index in [4.69, 9.17) is 27.9 Å². The van der Waals surface area contributed by atoms with Gasteiger partial charge in [-0.3, -0.25) is 4.79 Å². The number of thiophene rings is 1. The summed E-state index contributed by atoms with van der Waals surface area (Å²) < 4.78 is 6.07. The Hall–Kier alpha value is -1.27. The third-order valence-corrected chi connectivity index (χ3v) is 4.97. The molecular formula is C16H18Cl2N2O2S. The van der Waals surface area contributed by atoms with Gasteiger partial charge < -0.3 is 15.0 Å². The van der Waals surface area contributed by atoms with Crippen molar-refractivity contribution in [3.05, 3.63) is 50.1 Å². The number of nitrogens with one attached hydrogen (secondary N) is 1. The fourth-order valence-corrected chi connectivity index (χ4v) is 3.66. The van der Waals surface area contributed by atoms with Gasteiger partial charge >= 0.3 is 0 Å². The largest absolute Gasteiger partial charge is 0.497 e. The van der Waals surface area contributed by atoms with Crippen LogP contribution in [0.2, 0.25) is 8.67 Å². The Balaban J connectivity index is 2.07. The first kappa shape index (κ1) is 18.1. The molecule has 23 heavy (non-hydrogen) atoms. The number of carbonyl (C=O) groups is 1. The Morgan fingerprint density at radius 1 is 1.30 bits per heavy atom. The second kappa shape index (κ2) is 8.02. The maximum Gasteiger partial charge on any atom is 0.253 e. The first-order chi connectivity index (χ1) is 10.9. The number of benzene rings is 1. The molecule has 124 valence electrons. The van der Waals surface area contributed by atoms with E-state index in [0.717, 1.165) is 11.3 Å². The summed E-state index contributed by atoms with van der Waals surface area (Å²) in [5.74, 6) is 0.577.